The van der Waals surface area contributed by atoms with Gasteiger partial charge in [0.05, 0.1) is 0 Å². The van der Waals surface area contributed by atoms with E-state index >= 15 is 0 Å². The topological polar surface area (TPSA) is 77.2 Å². The number of nitrogens with two attached hydrogens (primary N) is 1. The van der Waals surface area contributed by atoms with Gasteiger partial charge in [0.15, 0.2) is 23.6 Å². The Bertz CT molecular complexity index is 941. The van der Waals surface area contributed by atoms with Crippen molar-refractivity contribution in [2.45, 2.75) is 39.9 Å². The molecule has 33 heavy (non-hydrogen) atoms. The number of amides is 1. The van der Waals surface area contributed by atoms with E-state index in [0.29, 0.717) is 11.1 Å². The highest BCUT2D eigenvalue weighted by molar-refractivity contribution is 6.04. The van der Waals surface area contributed by atoms with E-state index in [9.17, 15) is 26.7 Å². The molecule has 0 radical (unpaired) electrons. The Morgan fingerprint density at radius 2 is 1.73 bits per heavy atom. The zero-order valence-electron chi connectivity index (χ0n) is 18.6. The van der Waals surface area contributed by atoms with Gasteiger partial charge in [0, 0.05) is 7.05 Å². The summed E-state index contributed by atoms with van der Waals surface area (Å²) in [5.74, 6) is -1.24. The van der Waals surface area contributed by atoms with Crippen molar-refractivity contribution in [1.29, 1.82) is 0 Å². The van der Waals surface area contributed by atoms with Gasteiger partial charge >= 0.3 is 6.61 Å². The number of aliphatic imine (C=N–C) groups is 1. The van der Waals surface area contributed by atoms with Crippen molar-refractivity contribution >= 4 is 11.9 Å². The predicted octanol–water partition coefficient (Wildman–Crippen LogP) is 4.92. The second kappa shape index (κ2) is 13.2. The third-order valence-electron chi connectivity index (χ3n) is 4.11. The van der Waals surface area contributed by atoms with Crippen LogP contribution in [0.15, 0.2) is 47.5 Å². The van der Waals surface area contributed by atoms with Gasteiger partial charge < -0.3 is 15.2 Å². The van der Waals surface area contributed by atoms with Crippen LogP contribution in [0.1, 0.15) is 31.0 Å². The van der Waals surface area contributed by atoms with Gasteiger partial charge in [-0.1, -0.05) is 38.1 Å². The lowest BCUT2D eigenvalue weighted by atomic mass is 10.1. The summed E-state index contributed by atoms with van der Waals surface area (Å²) < 4.78 is 69.8. The molecule has 0 aromatic heterocycles. The minimum Gasteiger partial charge on any atom is -0.485 e. The molecule has 0 fully saturated rings. The van der Waals surface area contributed by atoms with E-state index in [-0.39, 0.29) is 23.4 Å². The van der Waals surface area contributed by atoms with Crippen LogP contribution in [0.25, 0.3) is 0 Å². The van der Waals surface area contributed by atoms with Crippen LogP contribution in [0, 0.1) is 12.7 Å². The number of halogens is 5. The van der Waals surface area contributed by atoms with Gasteiger partial charge in [-0.15, -0.1) is 0 Å². The molecule has 0 aliphatic carbocycles. The summed E-state index contributed by atoms with van der Waals surface area (Å²) >= 11 is 0. The normalized spacial score (nSPS) is 14.9. The molecule has 0 saturated heterocycles. The third-order valence-corrected chi connectivity index (χ3v) is 4.11. The average Bonchev–Trinajstić information content (AvgIpc) is 3.03. The molecule has 1 heterocycles. The average molecular weight is 475 g/mol. The molecule has 1 atom stereocenters. The lowest BCUT2D eigenvalue weighted by Crippen LogP contribution is -2.34. The third kappa shape index (κ3) is 8.24. The van der Waals surface area contributed by atoms with Crippen LogP contribution in [0.4, 0.5) is 22.0 Å². The molecule has 0 bridgehead atoms. The number of alkyl halides is 4. The number of carbonyl (C=O) groups excluding carboxylic acids is 1. The fraction of sp³-hybridized carbons (Fsp3) is 0.364. The largest absolute Gasteiger partial charge is 0.485 e. The van der Waals surface area contributed by atoms with Crippen molar-refractivity contribution in [3.63, 3.8) is 0 Å². The van der Waals surface area contributed by atoms with Crippen LogP contribution in [0.3, 0.4) is 0 Å². The first-order chi connectivity index (χ1) is 15.6. The van der Waals surface area contributed by atoms with Crippen molar-refractivity contribution in [2.75, 3.05) is 13.7 Å². The fourth-order valence-corrected chi connectivity index (χ4v) is 2.53. The van der Waals surface area contributed by atoms with E-state index in [1.54, 1.807) is 25.1 Å². The molecule has 0 saturated carbocycles. The maximum Gasteiger partial charge on any atom is 0.387 e. The summed E-state index contributed by atoms with van der Waals surface area (Å²) in [6, 6.07) is 9.30. The molecule has 11 heteroatoms. The molecular weight excluding hydrogens is 449 g/mol. The number of hydrogen-bond acceptors (Lipinski definition) is 5. The number of nitrogens with zero attached hydrogens (tertiary/aromatic N) is 2. The number of aryl methyl sites for hydroxylation is 1. The SMILES string of the molecule is CC.CN1C(=O)[C@@H](c2ccc(F)c(OCC(F)F)c2)N=C1N.Cc1ccccc1OC(F)F. The number of ether oxygens (including phenoxy) is 2. The summed E-state index contributed by atoms with van der Waals surface area (Å²) in [5, 5.41) is 0. The number of rotatable bonds is 6. The van der Waals surface area contributed by atoms with E-state index in [0.717, 1.165) is 11.0 Å². The number of guanidine groups is 1. The van der Waals surface area contributed by atoms with Crippen LogP contribution in [0.5, 0.6) is 11.5 Å². The predicted molar refractivity (Wildman–Crippen MR) is 114 cm³/mol. The first-order valence-corrected chi connectivity index (χ1v) is 9.91. The maximum atomic E-state index is 13.4. The van der Waals surface area contributed by atoms with Gasteiger partial charge in [-0.3, -0.25) is 9.69 Å². The molecule has 2 aromatic carbocycles. The van der Waals surface area contributed by atoms with Crippen molar-refractivity contribution in [1.82, 2.24) is 4.90 Å². The van der Waals surface area contributed by atoms with Crippen LogP contribution >= 0.6 is 0 Å². The van der Waals surface area contributed by atoms with Crippen LogP contribution < -0.4 is 15.2 Å². The Hall–Kier alpha value is -3.37. The molecule has 1 amide bonds. The molecule has 1 aliphatic heterocycles. The molecule has 2 aromatic rings. The summed E-state index contributed by atoms with van der Waals surface area (Å²) in [4.78, 5) is 16.9. The molecule has 182 valence electrons. The molecule has 0 unspecified atom stereocenters. The lowest BCUT2D eigenvalue weighted by Gasteiger charge is -2.12. The monoisotopic (exact) mass is 475 g/mol. The zero-order chi connectivity index (χ0) is 25.1. The standard InChI is InChI=1S/C12H12F3N3O2.C8H8F2O.C2H6/c1-18-11(19)10(17-12(18)16)6-2-3-7(13)8(4-6)20-5-9(14)15;1-6-4-2-3-5-7(6)11-8(9)10;1-2/h2-4,9-10H,5H2,1H3,(H2,16,17);2-5,8H,1H3;1-2H3/t10-;;/m1../s1. The molecule has 6 nitrogen and oxygen atoms in total. The van der Waals surface area contributed by atoms with Crippen molar-refractivity contribution < 1.29 is 36.2 Å². The smallest absolute Gasteiger partial charge is 0.387 e. The van der Waals surface area contributed by atoms with E-state index in [2.05, 4.69) is 14.5 Å². The van der Waals surface area contributed by atoms with Crippen molar-refractivity contribution in [2.24, 2.45) is 10.7 Å². The van der Waals surface area contributed by atoms with E-state index in [1.165, 1.54) is 25.2 Å². The Morgan fingerprint density at radius 1 is 1.09 bits per heavy atom. The second-order valence-electron chi connectivity index (χ2n) is 6.32. The number of likely N-dealkylation sites (N-methyl/N-ethyl adjacent to an activating group) is 1. The number of hydrogen-bond donors (Lipinski definition) is 1. The van der Waals surface area contributed by atoms with Crippen molar-refractivity contribution in [3.05, 3.63) is 59.4 Å². The zero-order valence-corrected chi connectivity index (χ0v) is 18.6. The number of para-hydroxylation sites is 1. The molecule has 2 N–H and O–H groups in total. The summed E-state index contributed by atoms with van der Waals surface area (Å²) in [6.07, 6.45) is -2.72. The van der Waals surface area contributed by atoms with Crippen LogP contribution in [-0.2, 0) is 4.79 Å². The summed E-state index contributed by atoms with van der Waals surface area (Å²) in [6.45, 7) is 2.05. The Balaban J connectivity index is 0.000000354. The summed E-state index contributed by atoms with van der Waals surface area (Å²) in [7, 11) is 1.46. The lowest BCUT2D eigenvalue weighted by molar-refractivity contribution is -0.126. The van der Waals surface area contributed by atoms with Gasteiger partial charge in [-0.05, 0) is 36.2 Å². The fourth-order valence-electron chi connectivity index (χ4n) is 2.53. The Kier molecular flexibility index (Phi) is 11.1. The second-order valence-corrected chi connectivity index (χ2v) is 6.32. The highest BCUT2D eigenvalue weighted by atomic mass is 19.3. The Labute approximate surface area is 188 Å². The highest BCUT2D eigenvalue weighted by Gasteiger charge is 2.32. The van der Waals surface area contributed by atoms with Gasteiger partial charge in [0.1, 0.15) is 12.4 Å². The molecule has 0 spiro atoms. The van der Waals surface area contributed by atoms with Gasteiger partial charge in [0.25, 0.3) is 12.3 Å². The number of benzene rings is 2. The van der Waals surface area contributed by atoms with Gasteiger partial charge in [-0.25, -0.2) is 18.2 Å². The minimum atomic E-state index is -2.74. The molecule has 3 rings (SSSR count). The van der Waals surface area contributed by atoms with E-state index in [4.69, 9.17) is 5.73 Å². The maximum absolute atomic E-state index is 13.4. The number of carbonyl (C=O) groups is 1. The van der Waals surface area contributed by atoms with Crippen LogP contribution in [0.2, 0.25) is 0 Å². The molecule has 1 aliphatic rings. The molecular formula is C22H26F5N3O3. The van der Waals surface area contributed by atoms with E-state index in [1.807, 2.05) is 13.8 Å². The van der Waals surface area contributed by atoms with E-state index < -0.39 is 31.5 Å². The van der Waals surface area contributed by atoms with Crippen molar-refractivity contribution in [3.8, 4) is 11.5 Å². The highest BCUT2D eigenvalue weighted by Crippen LogP contribution is 2.29. The first-order valence-electron chi connectivity index (χ1n) is 9.91. The summed E-state index contributed by atoms with van der Waals surface area (Å²) in [5.41, 5.74) is 6.56. The quantitative estimate of drug-likeness (QED) is 0.602. The Morgan fingerprint density at radius 3 is 2.24 bits per heavy atom. The minimum absolute atomic E-state index is 0.0411. The first kappa shape index (κ1) is 27.7. The van der Waals surface area contributed by atoms with Gasteiger partial charge in [-0.2, -0.15) is 8.78 Å². The van der Waals surface area contributed by atoms with Gasteiger partial charge in [0.2, 0.25) is 0 Å². The van der Waals surface area contributed by atoms with Crippen LogP contribution in [-0.4, -0.2) is 43.5 Å².